The predicted molar refractivity (Wildman–Crippen MR) is 90.4 cm³/mol. The van der Waals surface area contributed by atoms with Crippen LogP contribution in [0.2, 0.25) is 0 Å². The van der Waals surface area contributed by atoms with Crippen LogP contribution in [0.15, 0.2) is 36.4 Å². The molecule has 0 saturated heterocycles. The van der Waals surface area contributed by atoms with Crippen LogP contribution in [0.5, 0.6) is 5.75 Å². The monoisotopic (exact) mass is 282 g/mol. The fraction of sp³-hybridized carbons (Fsp3) is 0.400. The Bertz CT molecular complexity index is 594. The Morgan fingerprint density at radius 1 is 0.952 bits per heavy atom. The lowest BCUT2D eigenvalue weighted by Gasteiger charge is -2.15. The van der Waals surface area contributed by atoms with E-state index in [-0.39, 0.29) is 0 Å². The van der Waals surface area contributed by atoms with Crippen molar-refractivity contribution in [3.05, 3.63) is 64.2 Å². The maximum absolute atomic E-state index is 5.50. The first-order valence-corrected chi connectivity index (χ1v) is 7.83. The Morgan fingerprint density at radius 2 is 1.62 bits per heavy atom. The van der Waals surface area contributed by atoms with E-state index in [9.17, 15) is 0 Å². The molecular formula is C20H26O. The second-order valence-electron chi connectivity index (χ2n) is 6.04. The topological polar surface area (TPSA) is 9.23 Å². The molecule has 1 heteroatoms. The zero-order valence-electron chi connectivity index (χ0n) is 13.9. The molecule has 0 aliphatic heterocycles. The Labute approximate surface area is 129 Å². The van der Waals surface area contributed by atoms with Crippen molar-refractivity contribution in [2.45, 2.75) is 47.0 Å². The first-order chi connectivity index (χ1) is 10.0. The Balaban J connectivity index is 2.24. The van der Waals surface area contributed by atoms with Crippen molar-refractivity contribution in [1.29, 1.82) is 0 Å². The van der Waals surface area contributed by atoms with E-state index in [0.29, 0.717) is 12.5 Å². The summed E-state index contributed by atoms with van der Waals surface area (Å²) < 4.78 is 5.50. The van der Waals surface area contributed by atoms with Crippen LogP contribution in [-0.4, -0.2) is 6.61 Å². The molecule has 2 aromatic carbocycles. The van der Waals surface area contributed by atoms with Crippen molar-refractivity contribution in [3.8, 4) is 5.75 Å². The molecule has 0 saturated carbocycles. The average Bonchev–Trinajstić information content (AvgIpc) is 2.43. The standard InChI is InChI=1S/C20H26O/c1-6-21-19-9-7-17(8-10-19)12-18-13-20(14(2)3)16(5)11-15(18)4/h7-11,13-14H,6,12H2,1-5H3. The lowest BCUT2D eigenvalue weighted by molar-refractivity contribution is 0.340. The van der Waals surface area contributed by atoms with Gasteiger partial charge in [-0.3, -0.25) is 0 Å². The van der Waals surface area contributed by atoms with Crippen LogP contribution in [0, 0.1) is 13.8 Å². The van der Waals surface area contributed by atoms with Crippen molar-refractivity contribution in [2.75, 3.05) is 6.61 Å². The maximum Gasteiger partial charge on any atom is 0.119 e. The zero-order valence-corrected chi connectivity index (χ0v) is 13.9. The summed E-state index contributed by atoms with van der Waals surface area (Å²) in [5.74, 6) is 1.52. The molecule has 21 heavy (non-hydrogen) atoms. The summed E-state index contributed by atoms with van der Waals surface area (Å²) in [6.07, 6.45) is 0.984. The third-order valence-electron chi connectivity index (χ3n) is 3.98. The molecule has 0 spiro atoms. The van der Waals surface area contributed by atoms with E-state index in [2.05, 4.69) is 64.1 Å². The van der Waals surface area contributed by atoms with Crippen LogP contribution in [0.25, 0.3) is 0 Å². The third kappa shape index (κ3) is 3.87. The van der Waals surface area contributed by atoms with Crippen molar-refractivity contribution in [2.24, 2.45) is 0 Å². The molecule has 112 valence electrons. The van der Waals surface area contributed by atoms with E-state index in [1.807, 2.05) is 6.92 Å². The maximum atomic E-state index is 5.50. The summed E-state index contributed by atoms with van der Waals surface area (Å²) in [5.41, 5.74) is 7.00. The number of benzene rings is 2. The van der Waals surface area contributed by atoms with Gasteiger partial charge in [-0.25, -0.2) is 0 Å². The highest BCUT2D eigenvalue weighted by Gasteiger charge is 2.08. The molecule has 0 amide bonds. The Kier molecular flexibility index (Phi) is 5.06. The highest BCUT2D eigenvalue weighted by Crippen LogP contribution is 2.25. The van der Waals surface area contributed by atoms with Crippen molar-refractivity contribution >= 4 is 0 Å². The number of hydrogen-bond acceptors (Lipinski definition) is 1. The minimum atomic E-state index is 0.574. The number of ether oxygens (including phenoxy) is 1. The van der Waals surface area contributed by atoms with E-state index in [1.165, 1.54) is 27.8 Å². The van der Waals surface area contributed by atoms with Crippen LogP contribution in [0.3, 0.4) is 0 Å². The van der Waals surface area contributed by atoms with E-state index in [0.717, 1.165) is 12.2 Å². The molecule has 0 aliphatic rings. The quantitative estimate of drug-likeness (QED) is 0.712. The molecule has 0 atom stereocenters. The molecule has 0 aromatic heterocycles. The molecule has 2 aromatic rings. The van der Waals surface area contributed by atoms with Crippen LogP contribution in [0.4, 0.5) is 0 Å². The Morgan fingerprint density at radius 3 is 2.19 bits per heavy atom. The fourth-order valence-electron chi connectivity index (χ4n) is 2.82. The molecule has 0 aliphatic carbocycles. The van der Waals surface area contributed by atoms with E-state index in [1.54, 1.807) is 0 Å². The van der Waals surface area contributed by atoms with Crippen LogP contribution < -0.4 is 4.74 Å². The van der Waals surface area contributed by atoms with Gasteiger partial charge in [-0.05, 0) is 73.1 Å². The van der Waals surface area contributed by atoms with Gasteiger partial charge in [0.25, 0.3) is 0 Å². The first kappa shape index (κ1) is 15.6. The first-order valence-electron chi connectivity index (χ1n) is 7.83. The second kappa shape index (κ2) is 6.80. The molecule has 0 bridgehead atoms. The minimum absolute atomic E-state index is 0.574. The summed E-state index contributed by atoms with van der Waals surface area (Å²) in [4.78, 5) is 0. The van der Waals surface area contributed by atoms with E-state index in [4.69, 9.17) is 4.74 Å². The lowest BCUT2D eigenvalue weighted by Crippen LogP contribution is -1.99. The van der Waals surface area contributed by atoms with Crippen molar-refractivity contribution in [1.82, 2.24) is 0 Å². The number of aryl methyl sites for hydroxylation is 2. The van der Waals surface area contributed by atoms with Gasteiger partial charge in [0, 0.05) is 0 Å². The summed E-state index contributed by atoms with van der Waals surface area (Å²) in [7, 11) is 0. The van der Waals surface area contributed by atoms with Crippen LogP contribution in [0.1, 0.15) is 54.5 Å². The van der Waals surface area contributed by atoms with Gasteiger partial charge < -0.3 is 4.74 Å². The largest absolute Gasteiger partial charge is 0.494 e. The molecular weight excluding hydrogens is 256 g/mol. The van der Waals surface area contributed by atoms with Crippen molar-refractivity contribution in [3.63, 3.8) is 0 Å². The predicted octanol–water partition coefficient (Wildman–Crippen LogP) is 5.42. The summed E-state index contributed by atoms with van der Waals surface area (Å²) >= 11 is 0. The van der Waals surface area contributed by atoms with Gasteiger partial charge >= 0.3 is 0 Å². The molecule has 0 fully saturated rings. The molecule has 2 rings (SSSR count). The normalized spacial score (nSPS) is 11.0. The minimum Gasteiger partial charge on any atom is -0.494 e. The fourth-order valence-corrected chi connectivity index (χ4v) is 2.82. The van der Waals surface area contributed by atoms with Crippen LogP contribution in [-0.2, 0) is 6.42 Å². The van der Waals surface area contributed by atoms with Gasteiger partial charge in [0.1, 0.15) is 5.75 Å². The summed E-state index contributed by atoms with van der Waals surface area (Å²) in [5, 5.41) is 0. The summed E-state index contributed by atoms with van der Waals surface area (Å²) in [6, 6.07) is 13.2. The van der Waals surface area contributed by atoms with Crippen molar-refractivity contribution < 1.29 is 4.74 Å². The van der Waals surface area contributed by atoms with Gasteiger partial charge in [-0.15, -0.1) is 0 Å². The molecule has 1 nitrogen and oxygen atoms in total. The highest BCUT2D eigenvalue weighted by atomic mass is 16.5. The highest BCUT2D eigenvalue weighted by molar-refractivity contribution is 5.41. The summed E-state index contributed by atoms with van der Waals surface area (Å²) in [6.45, 7) is 11.7. The van der Waals surface area contributed by atoms with E-state index < -0.39 is 0 Å². The van der Waals surface area contributed by atoms with E-state index >= 15 is 0 Å². The smallest absolute Gasteiger partial charge is 0.119 e. The number of rotatable bonds is 5. The van der Waals surface area contributed by atoms with Gasteiger partial charge in [-0.1, -0.05) is 38.1 Å². The second-order valence-corrected chi connectivity index (χ2v) is 6.04. The van der Waals surface area contributed by atoms with Gasteiger partial charge in [-0.2, -0.15) is 0 Å². The number of hydrogen-bond donors (Lipinski definition) is 0. The third-order valence-corrected chi connectivity index (χ3v) is 3.98. The molecule has 0 N–H and O–H groups in total. The van der Waals surface area contributed by atoms with Gasteiger partial charge in [0.05, 0.1) is 6.61 Å². The Hall–Kier alpha value is -1.76. The zero-order chi connectivity index (χ0) is 15.4. The van der Waals surface area contributed by atoms with Gasteiger partial charge in [0.2, 0.25) is 0 Å². The van der Waals surface area contributed by atoms with Gasteiger partial charge in [0.15, 0.2) is 0 Å². The van der Waals surface area contributed by atoms with Crippen LogP contribution >= 0.6 is 0 Å². The molecule has 0 unspecified atom stereocenters. The molecule has 0 heterocycles. The molecule has 0 radical (unpaired) electrons. The SMILES string of the molecule is CCOc1ccc(Cc2cc(C(C)C)c(C)cc2C)cc1. The average molecular weight is 282 g/mol. The lowest BCUT2D eigenvalue weighted by atomic mass is 9.90.